The monoisotopic (exact) mass is 220 g/mol. The van der Waals surface area contributed by atoms with Gasteiger partial charge in [0, 0.05) is 11.1 Å². The molecule has 16 heavy (non-hydrogen) atoms. The van der Waals surface area contributed by atoms with E-state index in [9.17, 15) is 4.39 Å². The normalized spacial score (nSPS) is 11.0. The van der Waals surface area contributed by atoms with Gasteiger partial charge in [-0.25, -0.2) is 4.39 Å². The molecule has 0 spiro atoms. The quantitative estimate of drug-likeness (QED) is 0.845. The summed E-state index contributed by atoms with van der Waals surface area (Å²) < 4.78 is 18.0. The molecule has 0 saturated heterocycles. The molecule has 0 bridgehead atoms. The molecular formula is C12H13FN2O. The van der Waals surface area contributed by atoms with Crippen molar-refractivity contribution in [3.05, 3.63) is 35.6 Å². The summed E-state index contributed by atoms with van der Waals surface area (Å²) in [6.07, 6.45) is 0. The lowest BCUT2D eigenvalue weighted by Crippen LogP contribution is -1.95. The van der Waals surface area contributed by atoms with Crippen LogP contribution >= 0.6 is 0 Å². The first-order valence-electron chi connectivity index (χ1n) is 5.10. The lowest BCUT2D eigenvalue weighted by molar-refractivity contribution is 0.434. The zero-order chi connectivity index (χ0) is 11.7. The molecule has 1 aromatic heterocycles. The molecule has 0 amide bonds. The molecule has 1 aromatic carbocycles. The third-order valence-electron chi connectivity index (χ3n) is 2.44. The van der Waals surface area contributed by atoms with Gasteiger partial charge in [0.15, 0.2) is 11.6 Å². The van der Waals surface area contributed by atoms with Crippen LogP contribution in [0.15, 0.2) is 28.8 Å². The first-order chi connectivity index (χ1) is 7.59. The maximum atomic E-state index is 12.8. The zero-order valence-corrected chi connectivity index (χ0v) is 9.20. The fourth-order valence-electron chi connectivity index (χ4n) is 1.68. The summed E-state index contributed by atoms with van der Waals surface area (Å²) in [7, 11) is 0. The Labute approximate surface area is 93.1 Å². The molecule has 0 radical (unpaired) electrons. The number of nitrogens with two attached hydrogens (primary N) is 1. The number of nitrogens with zero attached hydrogens (tertiary/aromatic N) is 1. The summed E-state index contributed by atoms with van der Waals surface area (Å²) in [6.45, 7) is 4.02. The highest BCUT2D eigenvalue weighted by molar-refractivity contribution is 5.66. The van der Waals surface area contributed by atoms with Crippen LogP contribution in [0.3, 0.4) is 0 Å². The molecule has 0 fully saturated rings. The smallest absolute Gasteiger partial charge is 0.172 e. The van der Waals surface area contributed by atoms with Gasteiger partial charge in [-0.1, -0.05) is 19.0 Å². The zero-order valence-electron chi connectivity index (χ0n) is 9.20. The Bertz CT molecular complexity index is 488. The lowest BCUT2D eigenvalue weighted by atomic mass is 9.99. The van der Waals surface area contributed by atoms with Gasteiger partial charge in [-0.05, 0) is 30.2 Å². The number of nitrogen functional groups attached to an aromatic ring is 1. The standard InChI is InChI=1S/C12H13FN2O/c1-7(2)10-11(16-15-12(10)14)8-3-5-9(13)6-4-8/h3-7H,1-2H3,(H2,14,15). The maximum Gasteiger partial charge on any atom is 0.172 e. The van der Waals surface area contributed by atoms with Gasteiger partial charge in [0.05, 0.1) is 0 Å². The molecule has 84 valence electrons. The van der Waals surface area contributed by atoms with Gasteiger partial charge >= 0.3 is 0 Å². The summed E-state index contributed by atoms with van der Waals surface area (Å²) >= 11 is 0. The van der Waals surface area contributed by atoms with E-state index in [0.717, 1.165) is 11.1 Å². The molecule has 0 aliphatic heterocycles. The molecule has 2 aromatic rings. The summed E-state index contributed by atoms with van der Waals surface area (Å²) in [5.41, 5.74) is 7.38. The van der Waals surface area contributed by atoms with E-state index >= 15 is 0 Å². The molecule has 0 aliphatic rings. The van der Waals surface area contributed by atoms with Crippen molar-refractivity contribution in [2.24, 2.45) is 0 Å². The second kappa shape index (κ2) is 3.96. The van der Waals surface area contributed by atoms with Crippen LogP contribution in [0.25, 0.3) is 11.3 Å². The van der Waals surface area contributed by atoms with E-state index in [-0.39, 0.29) is 11.7 Å². The molecule has 0 atom stereocenters. The van der Waals surface area contributed by atoms with Gasteiger partial charge < -0.3 is 10.3 Å². The van der Waals surface area contributed by atoms with Crippen molar-refractivity contribution in [3.8, 4) is 11.3 Å². The SMILES string of the molecule is CC(C)c1c(N)noc1-c1ccc(F)cc1. The molecule has 3 nitrogen and oxygen atoms in total. The van der Waals surface area contributed by atoms with Crippen LogP contribution < -0.4 is 5.73 Å². The number of rotatable bonds is 2. The van der Waals surface area contributed by atoms with E-state index in [1.165, 1.54) is 12.1 Å². The Morgan fingerprint density at radius 2 is 1.88 bits per heavy atom. The van der Waals surface area contributed by atoms with Crippen molar-refractivity contribution < 1.29 is 8.91 Å². The number of aromatic nitrogens is 1. The third kappa shape index (κ3) is 1.78. The summed E-state index contributed by atoms with van der Waals surface area (Å²) in [6, 6.07) is 6.08. The Balaban J connectivity index is 2.52. The minimum absolute atomic E-state index is 0.214. The van der Waals surface area contributed by atoms with Crippen LogP contribution in [0.4, 0.5) is 10.2 Å². The lowest BCUT2D eigenvalue weighted by Gasteiger charge is -2.05. The van der Waals surface area contributed by atoms with Gasteiger partial charge in [-0.3, -0.25) is 0 Å². The molecular weight excluding hydrogens is 207 g/mol. The van der Waals surface area contributed by atoms with E-state index in [4.69, 9.17) is 10.3 Å². The molecule has 1 heterocycles. The molecule has 0 unspecified atom stereocenters. The Morgan fingerprint density at radius 3 is 2.44 bits per heavy atom. The summed E-state index contributed by atoms with van der Waals surface area (Å²) in [5, 5.41) is 3.75. The predicted molar refractivity (Wildman–Crippen MR) is 60.4 cm³/mol. The minimum atomic E-state index is -0.276. The number of hydrogen-bond donors (Lipinski definition) is 1. The molecule has 4 heteroatoms. The molecule has 2 N–H and O–H groups in total. The average Bonchev–Trinajstić information content (AvgIpc) is 2.61. The van der Waals surface area contributed by atoms with Crippen molar-refractivity contribution in [1.82, 2.24) is 5.16 Å². The van der Waals surface area contributed by atoms with Crippen molar-refractivity contribution in [3.63, 3.8) is 0 Å². The predicted octanol–water partition coefficient (Wildman–Crippen LogP) is 3.19. The first-order valence-corrected chi connectivity index (χ1v) is 5.10. The maximum absolute atomic E-state index is 12.8. The number of hydrogen-bond acceptors (Lipinski definition) is 3. The van der Waals surface area contributed by atoms with Crippen molar-refractivity contribution in [2.75, 3.05) is 5.73 Å². The van der Waals surface area contributed by atoms with Crippen LogP contribution in [-0.2, 0) is 0 Å². The van der Waals surface area contributed by atoms with E-state index in [0.29, 0.717) is 11.6 Å². The van der Waals surface area contributed by atoms with Gasteiger partial charge in [-0.2, -0.15) is 0 Å². The number of benzene rings is 1. The molecule has 0 aliphatic carbocycles. The minimum Gasteiger partial charge on any atom is -0.381 e. The van der Waals surface area contributed by atoms with E-state index in [1.54, 1.807) is 12.1 Å². The van der Waals surface area contributed by atoms with Gasteiger partial charge in [0.25, 0.3) is 0 Å². The fraction of sp³-hybridized carbons (Fsp3) is 0.250. The second-order valence-corrected chi connectivity index (χ2v) is 3.97. The fourth-order valence-corrected chi connectivity index (χ4v) is 1.68. The van der Waals surface area contributed by atoms with Crippen LogP contribution in [0.2, 0.25) is 0 Å². The Hall–Kier alpha value is -1.84. The van der Waals surface area contributed by atoms with Crippen LogP contribution in [-0.4, -0.2) is 5.16 Å². The van der Waals surface area contributed by atoms with Crippen LogP contribution in [0.1, 0.15) is 25.3 Å². The number of anilines is 1. The topological polar surface area (TPSA) is 52.0 Å². The highest BCUT2D eigenvalue weighted by Gasteiger charge is 2.18. The highest BCUT2D eigenvalue weighted by atomic mass is 19.1. The van der Waals surface area contributed by atoms with E-state index in [2.05, 4.69) is 5.16 Å². The summed E-state index contributed by atoms with van der Waals surface area (Å²) in [5.74, 6) is 0.954. The van der Waals surface area contributed by atoms with Gasteiger partial charge in [-0.15, -0.1) is 0 Å². The second-order valence-electron chi connectivity index (χ2n) is 3.97. The van der Waals surface area contributed by atoms with E-state index < -0.39 is 0 Å². The van der Waals surface area contributed by atoms with E-state index in [1.807, 2.05) is 13.8 Å². The van der Waals surface area contributed by atoms with Crippen molar-refractivity contribution in [2.45, 2.75) is 19.8 Å². The molecule has 2 rings (SSSR count). The largest absolute Gasteiger partial charge is 0.381 e. The third-order valence-corrected chi connectivity index (χ3v) is 2.44. The molecule has 0 saturated carbocycles. The van der Waals surface area contributed by atoms with Crippen molar-refractivity contribution >= 4 is 5.82 Å². The van der Waals surface area contributed by atoms with Crippen LogP contribution in [0.5, 0.6) is 0 Å². The van der Waals surface area contributed by atoms with Gasteiger partial charge in [0.2, 0.25) is 0 Å². The summed E-state index contributed by atoms with van der Waals surface area (Å²) in [4.78, 5) is 0. The van der Waals surface area contributed by atoms with Crippen LogP contribution in [0, 0.1) is 5.82 Å². The Morgan fingerprint density at radius 1 is 1.25 bits per heavy atom. The first kappa shape index (κ1) is 10.7. The highest BCUT2D eigenvalue weighted by Crippen LogP contribution is 2.33. The van der Waals surface area contributed by atoms with Crippen molar-refractivity contribution in [1.29, 1.82) is 0 Å². The average molecular weight is 220 g/mol. The Kier molecular flexibility index (Phi) is 2.64. The number of halogens is 1. The van der Waals surface area contributed by atoms with Gasteiger partial charge in [0.1, 0.15) is 5.82 Å².